The fourth-order valence-corrected chi connectivity index (χ4v) is 4.24. The zero-order valence-corrected chi connectivity index (χ0v) is 11.2. The topological polar surface area (TPSA) is 42.4 Å². The molecule has 2 fully saturated rings. The number of aromatic nitrogens is 1. The van der Waals surface area contributed by atoms with E-state index in [4.69, 9.17) is 4.74 Å². The first-order chi connectivity index (χ1) is 8.72. The minimum Gasteiger partial charge on any atom is -0.381 e. The molecule has 3 heterocycles. The number of amides is 1. The summed E-state index contributed by atoms with van der Waals surface area (Å²) in [5.74, 6) is 1.16. The molecule has 0 aromatic carbocycles. The van der Waals surface area contributed by atoms with Gasteiger partial charge < -0.3 is 9.64 Å². The molecule has 1 spiro atoms. The van der Waals surface area contributed by atoms with Gasteiger partial charge in [-0.15, -0.1) is 11.8 Å². The van der Waals surface area contributed by atoms with Crippen LogP contribution < -0.4 is 0 Å². The van der Waals surface area contributed by atoms with Crippen LogP contribution in [0.3, 0.4) is 0 Å². The second kappa shape index (κ2) is 4.55. The van der Waals surface area contributed by atoms with Gasteiger partial charge in [0.15, 0.2) is 0 Å². The first kappa shape index (κ1) is 12.0. The number of carbonyl (C=O) groups is 1. The fourth-order valence-electron chi connectivity index (χ4n) is 2.64. The van der Waals surface area contributed by atoms with Crippen LogP contribution in [0.1, 0.15) is 16.8 Å². The van der Waals surface area contributed by atoms with E-state index >= 15 is 0 Å². The fraction of sp³-hybridized carbons (Fsp3) is 0.538. The lowest BCUT2D eigenvalue weighted by molar-refractivity contribution is 0.0451. The third-order valence-electron chi connectivity index (χ3n) is 3.68. The Morgan fingerprint density at radius 1 is 1.50 bits per heavy atom. The van der Waals surface area contributed by atoms with Gasteiger partial charge in [0.1, 0.15) is 0 Å². The summed E-state index contributed by atoms with van der Waals surface area (Å²) >= 11 is 1.95. The zero-order valence-electron chi connectivity index (χ0n) is 10.3. The van der Waals surface area contributed by atoms with E-state index in [-0.39, 0.29) is 10.7 Å². The SMILES string of the molecule is CO[C@H]1CSC2(C1)CN(C(=O)c1ccncc1)C2. The highest BCUT2D eigenvalue weighted by Crippen LogP contribution is 2.46. The van der Waals surface area contributed by atoms with Crippen molar-refractivity contribution in [3.8, 4) is 0 Å². The van der Waals surface area contributed by atoms with Crippen molar-refractivity contribution < 1.29 is 9.53 Å². The number of carbonyl (C=O) groups excluding carboxylic acids is 1. The van der Waals surface area contributed by atoms with Gasteiger partial charge in [-0.25, -0.2) is 0 Å². The van der Waals surface area contributed by atoms with Gasteiger partial charge in [0, 0.05) is 43.9 Å². The molecule has 0 N–H and O–H groups in total. The molecule has 3 rings (SSSR count). The number of methoxy groups -OCH3 is 1. The van der Waals surface area contributed by atoms with Crippen molar-refractivity contribution >= 4 is 17.7 Å². The highest BCUT2D eigenvalue weighted by atomic mass is 32.2. The van der Waals surface area contributed by atoms with Crippen LogP contribution in [0.5, 0.6) is 0 Å². The molecule has 2 saturated heterocycles. The van der Waals surface area contributed by atoms with Crippen molar-refractivity contribution in [2.45, 2.75) is 17.3 Å². The van der Waals surface area contributed by atoms with Gasteiger partial charge in [0.05, 0.1) is 10.9 Å². The van der Waals surface area contributed by atoms with Crippen LogP contribution in [0.2, 0.25) is 0 Å². The molecule has 2 aliphatic heterocycles. The second-order valence-corrected chi connectivity index (χ2v) is 6.44. The van der Waals surface area contributed by atoms with Crippen LogP contribution in [0.4, 0.5) is 0 Å². The minimum atomic E-state index is 0.115. The van der Waals surface area contributed by atoms with Gasteiger partial charge in [-0.05, 0) is 18.6 Å². The summed E-state index contributed by atoms with van der Waals surface area (Å²) in [6, 6.07) is 3.54. The van der Waals surface area contributed by atoms with Crippen LogP contribution in [-0.2, 0) is 4.74 Å². The molecule has 0 unspecified atom stereocenters. The number of nitrogens with zero attached hydrogens (tertiary/aromatic N) is 2. The standard InChI is InChI=1S/C13H16N2O2S/c1-17-11-6-13(18-7-11)8-15(9-13)12(16)10-2-4-14-5-3-10/h2-5,11H,6-9H2,1H3/t11-/m1/s1. The molecule has 1 amide bonds. The van der Waals surface area contributed by atoms with Gasteiger partial charge in [0.2, 0.25) is 0 Å². The van der Waals surface area contributed by atoms with E-state index in [0.717, 1.165) is 30.8 Å². The van der Waals surface area contributed by atoms with E-state index < -0.39 is 0 Å². The summed E-state index contributed by atoms with van der Waals surface area (Å²) in [4.78, 5) is 18.0. The van der Waals surface area contributed by atoms with E-state index in [1.807, 2.05) is 16.7 Å². The number of thioether (sulfide) groups is 1. The van der Waals surface area contributed by atoms with Crippen molar-refractivity contribution in [2.75, 3.05) is 26.0 Å². The third-order valence-corrected chi connectivity index (χ3v) is 5.26. The van der Waals surface area contributed by atoms with Gasteiger partial charge in [-0.1, -0.05) is 0 Å². The lowest BCUT2D eigenvalue weighted by Gasteiger charge is -2.47. The quantitative estimate of drug-likeness (QED) is 0.810. The van der Waals surface area contributed by atoms with Crippen molar-refractivity contribution in [3.05, 3.63) is 30.1 Å². The van der Waals surface area contributed by atoms with E-state index in [0.29, 0.717) is 6.10 Å². The summed E-state index contributed by atoms with van der Waals surface area (Å²) in [5.41, 5.74) is 0.728. The minimum absolute atomic E-state index is 0.115. The van der Waals surface area contributed by atoms with Crippen LogP contribution in [-0.4, -0.2) is 52.6 Å². The maximum atomic E-state index is 12.2. The number of rotatable bonds is 2. The largest absolute Gasteiger partial charge is 0.381 e. The molecule has 1 atom stereocenters. The monoisotopic (exact) mass is 264 g/mol. The van der Waals surface area contributed by atoms with Crippen LogP contribution >= 0.6 is 11.8 Å². The molecule has 2 aliphatic rings. The summed E-state index contributed by atoms with van der Waals surface area (Å²) < 4.78 is 5.64. The van der Waals surface area contributed by atoms with Crippen molar-refractivity contribution in [2.24, 2.45) is 0 Å². The lowest BCUT2D eigenvalue weighted by atomic mass is 9.92. The van der Waals surface area contributed by atoms with Crippen molar-refractivity contribution in [1.29, 1.82) is 0 Å². The number of hydrogen-bond donors (Lipinski definition) is 0. The Balaban J connectivity index is 1.61. The predicted molar refractivity (Wildman–Crippen MR) is 70.7 cm³/mol. The molecule has 4 nitrogen and oxygen atoms in total. The molecule has 5 heteroatoms. The summed E-state index contributed by atoms with van der Waals surface area (Å²) in [6.07, 6.45) is 4.74. The highest BCUT2D eigenvalue weighted by Gasteiger charge is 2.50. The Bertz CT molecular complexity index is 446. The van der Waals surface area contributed by atoms with E-state index in [1.54, 1.807) is 31.6 Å². The maximum Gasteiger partial charge on any atom is 0.254 e. The Morgan fingerprint density at radius 3 is 2.83 bits per heavy atom. The maximum absolute atomic E-state index is 12.2. The number of likely N-dealkylation sites (tertiary alicyclic amines) is 1. The Labute approximate surface area is 111 Å². The summed E-state index contributed by atoms with van der Waals surface area (Å²) in [7, 11) is 1.77. The van der Waals surface area contributed by atoms with E-state index in [2.05, 4.69) is 4.98 Å². The van der Waals surface area contributed by atoms with Crippen LogP contribution in [0.15, 0.2) is 24.5 Å². The normalized spacial score (nSPS) is 25.2. The highest BCUT2D eigenvalue weighted by molar-refractivity contribution is 8.01. The first-order valence-electron chi connectivity index (χ1n) is 6.08. The van der Waals surface area contributed by atoms with Crippen molar-refractivity contribution in [1.82, 2.24) is 9.88 Å². The molecule has 0 saturated carbocycles. The lowest BCUT2D eigenvalue weighted by Crippen LogP contribution is -2.60. The molecule has 96 valence electrons. The van der Waals surface area contributed by atoms with Gasteiger partial charge in [-0.2, -0.15) is 0 Å². The first-order valence-corrected chi connectivity index (χ1v) is 7.07. The van der Waals surface area contributed by atoms with E-state index in [1.165, 1.54) is 0 Å². The molecule has 0 radical (unpaired) electrons. The summed E-state index contributed by atoms with van der Waals surface area (Å²) in [5, 5.41) is 0. The van der Waals surface area contributed by atoms with Crippen LogP contribution in [0, 0.1) is 0 Å². The van der Waals surface area contributed by atoms with Crippen LogP contribution in [0.25, 0.3) is 0 Å². The Morgan fingerprint density at radius 2 is 2.22 bits per heavy atom. The zero-order chi connectivity index (χ0) is 12.6. The number of pyridine rings is 1. The van der Waals surface area contributed by atoms with Crippen molar-refractivity contribution in [3.63, 3.8) is 0 Å². The summed E-state index contributed by atoms with van der Waals surface area (Å²) in [6.45, 7) is 1.69. The average molecular weight is 264 g/mol. The van der Waals surface area contributed by atoms with Gasteiger partial charge >= 0.3 is 0 Å². The molecular formula is C13H16N2O2S. The molecule has 1 aromatic rings. The number of hydrogen-bond acceptors (Lipinski definition) is 4. The van der Waals surface area contributed by atoms with E-state index in [9.17, 15) is 4.79 Å². The molecule has 0 aliphatic carbocycles. The molecule has 0 bridgehead atoms. The Kier molecular flexibility index (Phi) is 3.03. The molecular weight excluding hydrogens is 248 g/mol. The Hall–Kier alpha value is -1.07. The second-order valence-electron chi connectivity index (χ2n) is 4.95. The number of ether oxygens (including phenoxy) is 1. The average Bonchev–Trinajstić information content (AvgIpc) is 2.82. The molecule has 1 aromatic heterocycles. The smallest absolute Gasteiger partial charge is 0.254 e. The van der Waals surface area contributed by atoms with Gasteiger partial charge in [0.25, 0.3) is 5.91 Å². The predicted octanol–water partition coefficient (Wildman–Crippen LogP) is 1.43. The molecule has 18 heavy (non-hydrogen) atoms. The van der Waals surface area contributed by atoms with Gasteiger partial charge in [-0.3, -0.25) is 9.78 Å². The third kappa shape index (κ3) is 2.01.